The monoisotopic (exact) mass is 595 g/mol. The molecule has 10 heteroatoms. The van der Waals surface area contributed by atoms with Crippen LogP contribution in [0.3, 0.4) is 0 Å². The number of pyridine rings is 2. The number of halogens is 2. The second kappa shape index (κ2) is 12.1. The summed E-state index contributed by atoms with van der Waals surface area (Å²) >= 11 is 0. The Bertz CT molecular complexity index is 1910. The van der Waals surface area contributed by atoms with Gasteiger partial charge < -0.3 is 24.6 Å². The average Bonchev–Trinajstić information content (AvgIpc) is 3.02. The minimum atomic E-state index is -0.669. The summed E-state index contributed by atoms with van der Waals surface area (Å²) in [5.41, 5.74) is 3.10. The highest BCUT2D eigenvalue weighted by Crippen LogP contribution is 2.38. The standard InChI is InChI=1S/C34H27F2N3O5/c1-19(40)18-43-31-17-27-25(16-30(31)42-2)28(12-14-37-27)44-29-10-8-23(15-26(29)36)39-34-32-21(11-13-38-34)5-9-24(33(32)41)20-3-6-22(35)7-4-20/h3-4,6-17,19,40H,5,18H2,1-2H3,(H,38,39). The van der Waals surface area contributed by atoms with Crippen molar-refractivity contribution < 1.29 is 32.9 Å². The molecule has 2 N–H and O–H groups in total. The Labute approximate surface area is 251 Å². The van der Waals surface area contributed by atoms with Crippen molar-refractivity contribution in [2.75, 3.05) is 19.0 Å². The number of benzene rings is 3. The fourth-order valence-corrected chi connectivity index (χ4v) is 4.95. The Morgan fingerprint density at radius 1 is 0.932 bits per heavy atom. The fourth-order valence-electron chi connectivity index (χ4n) is 4.95. The van der Waals surface area contributed by atoms with Gasteiger partial charge in [0.05, 0.1) is 24.3 Å². The molecule has 0 fully saturated rings. The number of hydrogen-bond donors (Lipinski definition) is 2. The molecule has 0 bridgehead atoms. The topological polar surface area (TPSA) is 103 Å². The van der Waals surface area contributed by atoms with Crippen LogP contribution in [-0.2, 0) is 6.42 Å². The van der Waals surface area contributed by atoms with Gasteiger partial charge in [0.1, 0.15) is 24.0 Å². The number of aromatic nitrogens is 2. The van der Waals surface area contributed by atoms with Crippen LogP contribution >= 0.6 is 0 Å². The van der Waals surface area contributed by atoms with Gasteiger partial charge in [0.2, 0.25) is 0 Å². The molecule has 0 saturated heterocycles. The van der Waals surface area contributed by atoms with Crippen LogP contribution in [-0.4, -0.2) is 40.7 Å². The molecular weight excluding hydrogens is 568 g/mol. The average molecular weight is 596 g/mol. The summed E-state index contributed by atoms with van der Waals surface area (Å²) in [6.45, 7) is 1.69. The quantitative estimate of drug-likeness (QED) is 0.187. The second-order valence-electron chi connectivity index (χ2n) is 10.2. The summed E-state index contributed by atoms with van der Waals surface area (Å²) < 4.78 is 45.9. The van der Waals surface area contributed by atoms with Crippen LogP contribution < -0.4 is 19.5 Å². The number of anilines is 2. The van der Waals surface area contributed by atoms with Gasteiger partial charge in [0, 0.05) is 41.2 Å². The molecule has 0 radical (unpaired) electrons. The van der Waals surface area contributed by atoms with Crippen molar-refractivity contribution in [2.45, 2.75) is 19.4 Å². The number of Topliss-reactive ketones (excluding diaryl/α,β-unsaturated/α-hetero) is 1. The number of carbonyl (C=O) groups is 1. The molecule has 5 aromatic rings. The van der Waals surface area contributed by atoms with Crippen molar-refractivity contribution in [2.24, 2.45) is 0 Å². The highest BCUT2D eigenvalue weighted by atomic mass is 19.1. The first-order valence-electron chi connectivity index (χ1n) is 13.8. The van der Waals surface area contributed by atoms with E-state index in [2.05, 4.69) is 15.3 Å². The predicted octanol–water partition coefficient (Wildman–Crippen LogP) is 7.03. The van der Waals surface area contributed by atoms with E-state index in [0.29, 0.717) is 57.0 Å². The lowest BCUT2D eigenvalue weighted by Crippen LogP contribution is -2.15. The van der Waals surface area contributed by atoms with Crippen LogP contribution in [0.5, 0.6) is 23.0 Å². The summed E-state index contributed by atoms with van der Waals surface area (Å²) in [7, 11) is 1.49. The Balaban J connectivity index is 1.25. The van der Waals surface area contributed by atoms with E-state index in [-0.39, 0.29) is 29.8 Å². The molecule has 3 aromatic carbocycles. The smallest absolute Gasteiger partial charge is 0.197 e. The van der Waals surface area contributed by atoms with Crippen molar-refractivity contribution in [3.63, 3.8) is 0 Å². The van der Waals surface area contributed by atoms with Gasteiger partial charge in [0.25, 0.3) is 0 Å². The second-order valence-corrected chi connectivity index (χ2v) is 10.2. The molecule has 0 saturated carbocycles. The van der Waals surface area contributed by atoms with E-state index in [4.69, 9.17) is 14.2 Å². The first-order valence-corrected chi connectivity index (χ1v) is 13.8. The molecular formula is C34H27F2N3O5. The zero-order valence-electron chi connectivity index (χ0n) is 23.8. The maximum Gasteiger partial charge on any atom is 0.197 e. The molecule has 2 aromatic heterocycles. The lowest BCUT2D eigenvalue weighted by molar-refractivity contribution is 0.105. The normalized spacial score (nSPS) is 13.2. The minimum Gasteiger partial charge on any atom is -0.493 e. The molecule has 0 amide bonds. The number of allylic oxidation sites excluding steroid dienone is 2. The molecule has 1 aliphatic carbocycles. The maximum absolute atomic E-state index is 15.4. The summed E-state index contributed by atoms with van der Waals surface area (Å²) in [4.78, 5) is 22.2. The van der Waals surface area contributed by atoms with E-state index in [9.17, 15) is 14.3 Å². The number of nitrogens with zero attached hydrogens (tertiary/aromatic N) is 2. The van der Waals surface area contributed by atoms with Crippen LogP contribution in [0.4, 0.5) is 20.3 Å². The van der Waals surface area contributed by atoms with Gasteiger partial charge in [-0.2, -0.15) is 0 Å². The van der Waals surface area contributed by atoms with Crippen LogP contribution in [0.1, 0.15) is 28.4 Å². The Morgan fingerprint density at radius 3 is 2.48 bits per heavy atom. The molecule has 0 aliphatic heterocycles. The highest BCUT2D eigenvalue weighted by Gasteiger charge is 2.26. The molecule has 2 heterocycles. The number of carbonyl (C=O) groups excluding carboxylic acids is 1. The molecule has 222 valence electrons. The molecule has 6 rings (SSSR count). The number of methoxy groups -OCH3 is 1. The van der Waals surface area contributed by atoms with Crippen LogP contribution in [0.25, 0.3) is 16.5 Å². The van der Waals surface area contributed by atoms with E-state index in [1.165, 1.54) is 37.6 Å². The van der Waals surface area contributed by atoms with Gasteiger partial charge in [-0.3, -0.25) is 9.78 Å². The number of rotatable bonds is 9. The van der Waals surface area contributed by atoms with Crippen LogP contribution in [0, 0.1) is 11.6 Å². The third-order valence-electron chi connectivity index (χ3n) is 7.07. The van der Waals surface area contributed by atoms with Gasteiger partial charge in [-0.1, -0.05) is 18.2 Å². The Kier molecular flexibility index (Phi) is 7.91. The van der Waals surface area contributed by atoms with Gasteiger partial charge in [-0.15, -0.1) is 0 Å². The highest BCUT2D eigenvalue weighted by molar-refractivity contribution is 6.32. The first kappa shape index (κ1) is 28.8. The summed E-state index contributed by atoms with van der Waals surface area (Å²) in [6.07, 6.45) is 4.76. The minimum absolute atomic E-state index is 0.0305. The van der Waals surface area contributed by atoms with Gasteiger partial charge in [-0.25, -0.2) is 13.8 Å². The first-order chi connectivity index (χ1) is 21.3. The summed E-state index contributed by atoms with van der Waals surface area (Å²) in [6, 6.07) is 16.8. The third-order valence-corrected chi connectivity index (χ3v) is 7.07. The lowest BCUT2D eigenvalue weighted by atomic mass is 9.87. The van der Waals surface area contributed by atoms with Crippen molar-refractivity contribution in [3.05, 3.63) is 114 Å². The van der Waals surface area contributed by atoms with Crippen LogP contribution in [0.2, 0.25) is 0 Å². The lowest BCUT2D eigenvalue weighted by Gasteiger charge is -2.19. The number of aliphatic hydroxyl groups is 1. The van der Waals surface area contributed by atoms with E-state index in [0.717, 1.165) is 5.56 Å². The van der Waals surface area contributed by atoms with Crippen LogP contribution in [0.15, 0.2) is 85.2 Å². The number of fused-ring (bicyclic) bond motifs is 2. The molecule has 0 spiro atoms. The van der Waals surface area contributed by atoms with Crippen molar-refractivity contribution in [3.8, 4) is 23.0 Å². The Morgan fingerprint density at radius 2 is 1.73 bits per heavy atom. The van der Waals surface area contributed by atoms with E-state index < -0.39 is 11.9 Å². The zero-order valence-corrected chi connectivity index (χ0v) is 23.8. The van der Waals surface area contributed by atoms with E-state index in [1.54, 1.807) is 55.6 Å². The summed E-state index contributed by atoms with van der Waals surface area (Å²) in [5, 5.41) is 13.2. The third kappa shape index (κ3) is 5.80. The molecule has 1 aliphatic rings. The largest absolute Gasteiger partial charge is 0.493 e. The zero-order chi connectivity index (χ0) is 30.8. The molecule has 44 heavy (non-hydrogen) atoms. The number of ketones is 1. The molecule has 8 nitrogen and oxygen atoms in total. The van der Waals surface area contributed by atoms with E-state index in [1.807, 2.05) is 6.08 Å². The number of nitrogens with one attached hydrogen (secondary N) is 1. The predicted molar refractivity (Wildman–Crippen MR) is 162 cm³/mol. The Hall–Kier alpha value is -5.35. The van der Waals surface area contributed by atoms with Gasteiger partial charge in [0.15, 0.2) is 28.8 Å². The van der Waals surface area contributed by atoms with Gasteiger partial charge >= 0.3 is 0 Å². The van der Waals surface area contributed by atoms with E-state index >= 15 is 4.39 Å². The number of aliphatic hydroxyl groups excluding tert-OH is 1. The van der Waals surface area contributed by atoms with Gasteiger partial charge in [-0.05, 0) is 66.9 Å². The molecule has 1 unspecified atom stereocenters. The molecule has 1 atom stereocenters. The summed E-state index contributed by atoms with van der Waals surface area (Å²) in [5.74, 6) is 0.121. The van der Waals surface area contributed by atoms with Crippen molar-refractivity contribution in [1.29, 1.82) is 0 Å². The van der Waals surface area contributed by atoms with Crippen molar-refractivity contribution >= 4 is 33.8 Å². The van der Waals surface area contributed by atoms with Crippen molar-refractivity contribution in [1.82, 2.24) is 9.97 Å². The fraction of sp³-hybridized carbons (Fsp3) is 0.147. The SMILES string of the molecule is COc1cc2c(Oc3ccc(Nc4nccc5c4C(=O)C(c4ccc(F)cc4)=CC5)cc3F)ccnc2cc1OCC(C)O. The maximum atomic E-state index is 15.4. The number of hydrogen-bond acceptors (Lipinski definition) is 8. The number of ether oxygens (including phenoxy) is 3.